The number of hydrogen-bond acceptors (Lipinski definition) is 6. The molecule has 0 unspecified atom stereocenters. The van der Waals surface area contributed by atoms with Crippen LogP contribution in [0.15, 0.2) is 158 Å². The van der Waals surface area contributed by atoms with Crippen LogP contribution < -0.4 is 4.90 Å². The highest BCUT2D eigenvalue weighted by molar-refractivity contribution is 7.85. The van der Waals surface area contributed by atoms with Crippen molar-refractivity contribution < 1.29 is 30.8 Å². The summed E-state index contributed by atoms with van der Waals surface area (Å²) >= 11 is 0. The predicted octanol–water partition coefficient (Wildman–Crippen LogP) is 12.2. The van der Waals surface area contributed by atoms with Gasteiger partial charge in [-0.1, -0.05) is 241 Å². The average molecular weight is 991 g/mol. The zero-order chi connectivity index (χ0) is 52.6. The van der Waals surface area contributed by atoms with Gasteiger partial charge in [-0.25, -0.2) is 8.42 Å². The summed E-state index contributed by atoms with van der Waals surface area (Å²) in [5.74, 6) is 0. The number of rotatable bonds is 12. The lowest BCUT2D eigenvalue weighted by atomic mass is 9.86. The maximum atomic E-state index is 9.19. The fraction of sp³-hybridized carbons (Fsp3) is 0.400. The predicted molar refractivity (Wildman–Crippen MR) is 292 cm³/mol. The second-order valence-electron chi connectivity index (χ2n) is 22.6. The van der Waals surface area contributed by atoms with Gasteiger partial charge in [0.05, 0.1) is 16.4 Å². The molecule has 10 heteroatoms. The molecule has 0 aromatic heterocycles. The van der Waals surface area contributed by atoms with E-state index in [0.717, 1.165) is 39.3 Å². The Morgan fingerprint density at radius 3 is 0.800 bits per heavy atom. The van der Waals surface area contributed by atoms with Crippen molar-refractivity contribution in [2.45, 2.75) is 144 Å². The van der Waals surface area contributed by atoms with Crippen LogP contribution in [-0.2, 0) is 81.2 Å². The highest BCUT2D eigenvalue weighted by Crippen LogP contribution is 2.26. The minimum absolute atomic E-state index is 0.192. The quantitative estimate of drug-likeness (QED) is 0.117. The van der Waals surface area contributed by atoms with E-state index in [9.17, 15) is 8.42 Å². The van der Waals surface area contributed by atoms with Gasteiger partial charge in [-0.05, 0) is 60.6 Å². The van der Waals surface area contributed by atoms with E-state index in [2.05, 4.69) is 246 Å². The second kappa shape index (κ2) is 26.0. The number of quaternary nitrogens is 1. The van der Waals surface area contributed by atoms with Crippen molar-refractivity contribution in [1.29, 1.82) is 0 Å². The van der Waals surface area contributed by atoms with Gasteiger partial charge in [0.25, 0.3) is 10.1 Å². The smallest absolute Gasteiger partial charge is 0.261 e. The summed E-state index contributed by atoms with van der Waals surface area (Å²) in [5.41, 5.74) is 14.6. The van der Waals surface area contributed by atoms with E-state index in [-0.39, 0.29) is 21.7 Å². The molecule has 0 aliphatic rings. The minimum Gasteiger partial charge on any atom is -0.748 e. The van der Waals surface area contributed by atoms with Gasteiger partial charge in [-0.2, -0.15) is 8.42 Å². The van der Waals surface area contributed by atoms with Gasteiger partial charge in [-0.3, -0.25) is 9.45 Å². The normalized spacial score (nSPS) is 12.3. The highest BCUT2D eigenvalue weighted by atomic mass is 32.2. The van der Waals surface area contributed by atoms with Crippen LogP contribution in [0.25, 0.3) is 0 Å². The molecule has 0 aliphatic heterocycles. The van der Waals surface area contributed by atoms with E-state index in [1.807, 2.05) is 0 Å². The first kappa shape index (κ1) is 59.4. The van der Waals surface area contributed by atoms with Gasteiger partial charge in [0.2, 0.25) is 0 Å². The van der Waals surface area contributed by atoms with Crippen LogP contribution in [0.2, 0.25) is 0 Å². The lowest BCUT2D eigenvalue weighted by Crippen LogP contribution is -3.08. The van der Waals surface area contributed by atoms with Crippen LogP contribution in [0, 0.1) is 0 Å². The van der Waals surface area contributed by atoms with E-state index in [4.69, 9.17) is 17.5 Å². The molecule has 70 heavy (non-hydrogen) atoms. The van der Waals surface area contributed by atoms with Gasteiger partial charge in [-0.15, -0.1) is 0 Å². The number of hydrogen-bond donors (Lipinski definition) is 2. The van der Waals surface area contributed by atoms with E-state index in [0.29, 0.717) is 12.5 Å². The van der Waals surface area contributed by atoms with Gasteiger partial charge in [0.1, 0.15) is 19.6 Å². The zero-order valence-electron chi connectivity index (χ0n) is 44.5. The lowest BCUT2D eigenvalue weighted by Gasteiger charge is -2.25. The van der Waals surface area contributed by atoms with Crippen molar-refractivity contribution in [3.63, 3.8) is 0 Å². The SMILES string of the molecule is CC(C)(C)c1ccc(CN(Cc2ccccc2)Cc2ccc(C(C)(C)C)cc2)cc1.CC(C)(C)c1ccc(C[NH+](Cc2ccccc2)Cc2ccc(C(C)(C)C)cc2)cc1.CS(=O)(=O)O.CS(=O)(=O)[O-]. The Labute approximate surface area is 423 Å². The van der Waals surface area contributed by atoms with Crippen molar-refractivity contribution in [2.24, 2.45) is 0 Å². The Hall–Kier alpha value is -4.94. The van der Waals surface area contributed by atoms with Crippen LogP contribution in [0.3, 0.4) is 0 Å². The number of nitrogens with zero attached hydrogens (tertiary/aromatic N) is 1. The average Bonchev–Trinajstić information content (AvgIpc) is 3.23. The first-order valence-electron chi connectivity index (χ1n) is 24.1. The fourth-order valence-corrected chi connectivity index (χ4v) is 7.64. The van der Waals surface area contributed by atoms with Crippen LogP contribution in [0.4, 0.5) is 0 Å². The summed E-state index contributed by atoms with van der Waals surface area (Å²) < 4.78 is 53.1. The summed E-state index contributed by atoms with van der Waals surface area (Å²) in [6.07, 6.45) is 1.32. The molecular formula is C60H82N2O6S2. The summed E-state index contributed by atoms with van der Waals surface area (Å²) in [6, 6.07) is 58.4. The van der Waals surface area contributed by atoms with Gasteiger partial charge >= 0.3 is 0 Å². The van der Waals surface area contributed by atoms with Gasteiger partial charge in [0.15, 0.2) is 0 Å². The summed E-state index contributed by atoms with van der Waals surface area (Å²) in [7, 11) is -7.58. The number of benzene rings is 6. The van der Waals surface area contributed by atoms with Crippen molar-refractivity contribution in [2.75, 3.05) is 12.5 Å². The van der Waals surface area contributed by atoms with Crippen LogP contribution >= 0.6 is 0 Å². The minimum atomic E-state index is -3.92. The molecule has 0 spiro atoms. The van der Waals surface area contributed by atoms with Gasteiger partial charge < -0.3 is 9.45 Å². The van der Waals surface area contributed by atoms with Crippen molar-refractivity contribution in [1.82, 2.24) is 4.90 Å². The fourth-order valence-electron chi connectivity index (χ4n) is 7.64. The van der Waals surface area contributed by atoms with Crippen LogP contribution in [0.1, 0.15) is 139 Å². The third kappa shape index (κ3) is 24.8. The van der Waals surface area contributed by atoms with Crippen LogP contribution in [-0.4, -0.2) is 43.4 Å². The molecule has 8 nitrogen and oxygen atoms in total. The lowest BCUT2D eigenvalue weighted by molar-refractivity contribution is -0.941. The zero-order valence-corrected chi connectivity index (χ0v) is 46.1. The van der Waals surface area contributed by atoms with Gasteiger partial charge in [0, 0.05) is 42.6 Å². The molecule has 6 aromatic rings. The molecular weight excluding hydrogens is 909 g/mol. The summed E-state index contributed by atoms with van der Waals surface area (Å²) in [4.78, 5) is 4.10. The first-order valence-corrected chi connectivity index (χ1v) is 27.7. The first-order chi connectivity index (χ1) is 32.2. The Morgan fingerprint density at radius 1 is 0.386 bits per heavy atom. The molecule has 0 saturated heterocycles. The topological polar surface area (TPSA) is 119 Å². The molecule has 0 aliphatic carbocycles. The Bertz CT molecular complexity index is 2330. The maximum Gasteiger partial charge on any atom is 0.261 e. The molecule has 6 aromatic carbocycles. The van der Waals surface area contributed by atoms with Crippen molar-refractivity contribution in [3.8, 4) is 0 Å². The molecule has 0 amide bonds. The Kier molecular flexibility index (Phi) is 22.0. The van der Waals surface area contributed by atoms with Crippen LogP contribution in [0.5, 0.6) is 0 Å². The Balaban J connectivity index is 0.000000310. The number of nitrogens with one attached hydrogen (secondary N) is 1. The third-order valence-electron chi connectivity index (χ3n) is 11.5. The molecule has 2 N–H and O–H groups in total. The summed E-state index contributed by atoms with van der Waals surface area (Å²) in [5, 5.41) is 0. The maximum absolute atomic E-state index is 9.19. The van der Waals surface area contributed by atoms with Crippen molar-refractivity contribution in [3.05, 3.63) is 213 Å². The van der Waals surface area contributed by atoms with E-state index in [1.165, 1.54) is 55.6 Å². The summed E-state index contributed by atoms with van der Waals surface area (Å²) in [6.45, 7) is 33.2. The molecule has 0 saturated carbocycles. The highest BCUT2D eigenvalue weighted by Gasteiger charge is 2.19. The second-order valence-corrected chi connectivity index (χ2v) is 25.5. The van der Waals surface area contributed by atoms with E-state index >= 15 is 0 Å². The van der Waals surface area contributed by atoms with E-state index < -0.39 is 20.2 Å². The van der Waals surface area contributed by atoms with E-state index in [1.54, 1.807) is 4.90 Å². The monoisotopic (exact) mass is 991 g/mol. The molecule has 0 bridgehead atoms. The third-order valence-corrected chi connectivity index (χ3v) is 11.5. The van der Waals surface area contributed by atoms with Crippen molar-refractivity contribution >= 4 is 20.2 Å². The molecule has 6 rings (SSSR count). The molecule has 0 atom stereocenters. The molecule has 0 heterocycles. The largest absolute Gasteiger partial charge is 0.748 e. The molecule has 0 fully saturated rings. The molecule has 380 valence electrons. The molecule has 0 radical (unpaired) electrons. The Morgan fingerprint density at radius 2 is 0.571 bits per heavy atom. The standard InChI is InChI=1S/2C29H37N.2CH4O3S/c2*1-28(2,3)26-16-12-24(13-17-26)21-30(20-23-10-8-7-9-11-23)22-25-14-18-27(19-15-25)29(4,5)6;2*1-5(2,3)4/h2*7-19H,20-22H2,1-6H3;2*1H3,(H,2,3,4).